The van der Waals surface area contributed by atoms with Crippen LogP contribution in [0.1, 0.15) is 13.3 Å². The van der Waals surface area contributed by atoms with E-state index in [1.54, 1.807) is 0 Å². The number of rotatable bonds is 10. The van der Waals surface area contributed by atoms with Crippen molar-refractivity contribution in [3.8, 4) is 0 Å². The summed E-state index contributed by atoms with van der Waals surface area (Å²) in [5, 5.41) is 9.08. The Kier molecular flexibility index (Phi) is 8.54. The molecule has 0 radical (unpaired) electrons. The highest BCUT2D eigenvalue weighted by Gasteiger charge is 2.34. The highest BCUT2D eigenvalue weighted by molar-refractivity contribution is 7.99. The summed E-state index contributed by atoms with van der Waals surface area (Å²) in [4.78, 5) is 47.4. The van der Waals surface area contributed by atoms with Gasteiger partial charge in [0.05, 0.1) is 0 Å². The minimum atomic E-state index is -4.63. The lowest BCUT2D eigenvalue weighted by molar-refractivity contribution is -0.142. The zero-order valence-electron chi connectivity index (χ0n) is 10.8. The Bertz CT molecular complexity index is 383. The molecule has 0 rings (SSSR count). The van der Waals surface area contributed by atoms with Crippen molar-refractivity contribution < 1.29 is 38.6 Å². The second-order valence-electron chi connectivity index (χ2n) is 4.04. The van der Waals surface area contributed by atoms with E-state index in [9.17, 15) is 13.9 Å². The lowest BCUT2D eigenvalue weighted by Gasteiger charge is -2.28. The van der Waals surface area contributed by atoms with Crippen LogP contribution in [0.3, 0.4) is 0 Å². The second-order valence-corrected chi connectivity index (χ2v) is 8.66. The van der Waals surface area contributed by atoms with Gasteiger partial charge in [-0.05, 0) is 17.9 Å². The highest BCUT2D eigenvalue weighted by Crippen LogP contribution is 2.42. The normalized spacial score (nSPS) is 14.5. The Balaban J connectivity index is 5.04. The number of aliphatic carboxylic acids is 1. The molecule has 0 aromatic rings. The number of thioether (sulfide) groups is 1. The topological polar surface area (TPSA) is 156 Å². The lowest BCUT2D eigenvalue weighted by atomic mass is 10.2. The molecule has 0 spiro atoms. The molecule has 12 heteroatoms. The van der Waals surface area contributed by atoms with E-state index in [0.717, 1.165) is 5.75 Å². The number of carboxylic acids is 1. The van der Waals surface area contributed by atoms with Gasteiger partial charge in [0, 0.05) is 0 Å². The second kappa shape index (κ2) is 8.51. The van der Waals surface area contributed by atoms with Crippen molar-refractivity contribution in [3.05, 3.63) is 0 Å². The summed E-state index contributed by atoms with van der Waals surface area (Å²) in [7, 11) is -9.26. The SMILES string of the molecule is CCSCC[C@@H](C(=O)O)N(CP(=O)(O)O)CP(=O)(O)O. The number of carbonyl (C=O) groups is 1. The summed E-state index contributed by atoms with van der Waals surface area (Å²) in [6, 6.07) is -1.35. The monoisotopic (exact) mass is 351 g/mol. The fourth-order valence-electron chi connectivity index (χ4n) is 1.52. The molecule has 0 saturated carbocycles. The molecule has 0 aromatic carbocycles. The first-order valence-corrected chi connectivity index (χ1v) is 10.3. The van der Waals surface area contributed by atoms with Crippen LogP contribution in [0.25, 0.3) is 0 Å². The minimum Gasteiger partial charge on any atom is -0.480 e. The molecule has 0 saturated heterocycles. The molecule has 0 fully saturated rings. The van der Waals surface area contributed by atoms with Crippen molar-refractivity contribution in [3.63, 3.8) is 0 Å². The first kappa shape index (κ1) is 20.1. The van der Waals surface area contributed by atoms with Gasteiger partial charge in [0.25, 0.3) is 0 Å². The standard InChI is InChI=1S/C8H19NO8P2S/c1-2-20-4-3-7(8(10)11)9(5-18(12,13)14)6-19(15,16)17/h7H,2-6H2,1H3,(H,10,11)(H2,12,13,14)(H2,15,16,17)/t7-/m0/s1. The van der Waals surface area contributed by atoms with Gasteiger partial charge in [0.15, 0.2) is 0 Å². The molecule has 0 bridgehead atoms. The van der Waals surface area contributed by atoms with Gasteiger partial charge in [-0.2, -0.15) is 11.8 Å². The van der Waals surface area contributed by atoms with Crippen LogP contribution in [-0.2, 0) is 13.9 Å². The molecule has 1 atom stereocenters. The van der Waals surface area contributed by atoms with Crippen molar-refractivity contribution in [2.45, 2.75) is 19.4 Å². The van der Waals surface area contributed by atoms with Crippen molar-refractivity contribution >= 4 is 32.9 Å². The van der Waals surface area contributed by atoms with Crippen LogP contribution in [0.4, 0.5) is 0 Å². The summed E-state index contributed by atoms with van der Waals surface area (Å²) < 4.78 is 22.0. The lowest BCUT2D eigenvalue weighted by Crippen LogP contribution is -2.42. The Morgan fingerprint density at radius 3 is 1.90 bits per heavy atom. The average molecular weight is 351 g/mol. The summed E-state index contributed by atoms with van der Waals surface area (Å²) in [6.07, 6.45) is -1.98. The zero-order chi connectivity index (χ0) is 16.0. The van der Waals surface area contributed by atoms with E-state index in [4.69, 9.17) is 24.7 Å². The smallest absolute Gasteiger partial charge is 0.339 e. The number of carboxylic acid groups (broad SMARTS) is 1. The number of nitrogens with zero attached hydrogens (tertiary/aromatic N) is 1. The fourth-order valence-corrected chi connectivity index (χ4v) is 3.89. The third-order valence-electron chi connectivity index (χ3n) is 2.20. The molecule has 0 amide bonds. The molecule has 0 aliphatic rings. The van der Waals surface area contributed by atoms with Gasteiger partial charge >= 0.3 is 21.2 Å². The van der Waals surface area contributed by atoms with Crippen molar-refractivity contribution in [2.24, 2.45) is 0 Å². The molecular weight excluding hydrogens is 332 g/mol. The van der Waals surface area contributed by atoms with E-state index in [0.29, 0.717) is 10.7 Å². The molecule has 5 N–H and O–H groups in total. The third kappa shape index (κ3) is 9.90. The molecule has 0 aliphatic carbocycles. The summed E-state index contributed by atoms with van der Waals surface area (Å²) in [6.45, 7) is 1.86. The maximum atomic E-state index is 11.1. The molecule has 9 nitrogen and oxygen atoms in total. The predicted octanol–water partition coefficient (Wildman–Crippen LogP) is 0.155. The van der Waals surface area contributed by atoms with E-state index < -0.39 is 39.8 Å². The summed E-state index contributed by atoms with van der Waals surface area (Å²) in [5.41, 5.74) is 0. The number of hydrogen-bond donors (Lipinski definition) is 5. The molecular formula is C8H19NO8P2S. The van der Waals surface area contributed by atoms with Gasteiger partial charge in [-0.3, -0.25) is 18.8 Å². The minimum absolute atomic E-state index is 0.0356. The van der Waals surface area contributed by atoms with E-state index in [2.05, 4.69) is 0 Å². The Morgan fingerprint density at radius 1 is 1.15 bits per heavy atom. The summed E-state index contributed by atoms with van der Waals surface area (Å²) >= 11 is 1.43. The quantitative estimate of drug-likeness (QED) is 0.271. The number of hydrogen-bond acceptors (Lipinski definition) is 5. The molecule has 120 valence electrons. The van der Waals surface area contributed by atoms with Crippen LogP contribution >= 0.6 is 27.0 Å². The van der Waals surface area contributed by atoms with E-state index in [1.165, 1.54) is 11.8 Å². The van der Waals surface area contributed by atoms with E-state index >= 15 is 0 Å². The van der Waals surface area contributed by atoms with Crippen LogP contribution < -0.4 is 0 Å². The molecule has 20 heavy (non-hydrogen) atoms. The molecule has 0 aliphatic heterocycles. The molecule has 0 heterocycles. The molecule has 0 aromatic heterocycles. The Hall–Kier alpha value is 0.0800. The van der Waals surface area contributed by atoms with Crippen molar-refractivity contribution in [1.29, 1.82) is 0 Å². The van der Waals surface area contributed by atoms with Crippen LogP contribution in [-0.4, -0.2) is 65.7 Å². The summed E-state index contributed by atoms with van der Waals surface area (Å²) in [5.74, 6) is -0.223. The first-order valence-electron chi connectivity index (χ1n) is 5.60. The van der Waals surface area contributed by atoms with E-state index in [-0.39, 0.29) is 6.42 Å². The van der Waals surface area contributed by atoms with Crippen molar-refractivity contribution in [1.82, 2.24) is 4.90 Å². The van der Waals surface area contributed by atoms with Gasteiger partial charge < -0.3 is 24.7 Å². The largest absolute Gasteiger partial charge is 0.480 e. The van der Waals surface area contributed by atoms with Crippen LogP contribution in [0, 0.1) is 0 Å². The van der Waals surface area contributed by atoms with Crippen LogP contribution in [0.15, 0.2) is 0 Å². The Morgan fingerprint density at radius 2 is 1.60 bits per heavy atom. The maximum absolute atomic E-state index is 11.1. The van der Waals surface area contributed by atoms with Gasteiger partial charge in [-0.25, -0.2) is 0 Å². The van der Waals surface area contributed by atoms with Gasteiger partial charge in [0.1, 0.15) is 18.6 Å². The average Bonchev–Trinajstić information content (AvgIpc) is 2.18. The van der Waals surface area contributed by atoms with E-state index in [1.807, 2.05) is 6.92 Å². The van der Waals surface area contributed by atoms with Crippen LogP contribution in [0.5, 0.6) is 0 Å². The highest BCUT2D eigenvalue weighted by atomic mass is 32.2. The predicted molar refractivity (Wildman–Crippen MR) is 74.7 cm³/mol. The van der Waals surface area contributed by atoms with Gasteiger partial charge in [-0.1, -0.05) is 6.92 Å². The third-order valence-corrected chi connectivity index (χ3v) is 4.59. The van der Waals surface area contributed by atoms with Gasteiger partial charge in [0.2, 0.25) is 0 Å². The van der Waals surface area contributed by atoms with Gasteiger partial charge in [-0.15, -0.1) is 0 Å². The van der Waals surface area contributed by atoms with Crippen molar-refractivity contribution in [2.75, 3.05) is 24.1 Å². The Labute approximate surface area is 120 Å². The van der Waals surface area contributed by atoms with Crippen LogP contribution in [0.2, 0.25) is 0 Å². The molecule has 0 unspecified atom stereocenters. The first-order chi connectivity index (χ1) is 8.96. The maximum Gasteiger partial charge on any atom is 0.339 e. The fraction of sp³-hybridized carbons (Fsp3) is 0.875. The zero-order valence-corrected chi connectivity index (χ0v) is 13.4.